The number of carboxylic acids is 2. The van der Waals surface area contributed by atoms with Crippen LogP contribution in [0.5, 0.6) is 0 Å². The second-order valence-corrected chi connectivity index (χ2v) is 10.6. The largest absolute Gasteiger partial charge is 0.481 e. The van der Waals surface area contributed by atoms with Crippen molar-refractivity contribution in [2.75, 3.05) is 0 Å². The second-order valence-electron chi connectivity index (χ2n) is 10.6. The van der Waals surface area contributed by atoms with Crippen LogP contribution in [0.1, 0.15) is 107 Å². The Labute approximate surface area is 189 Å². The van der Waals surface area contributed by atoms with Crippen LogP contribution in [-0.4, -0.2) is 22.2 Å². The highest BCUT2D eigenvalue weighted by molar-refractivity contribution is 5.73. The van der Waals surface area contributed by atoms with Crippen LogP contribution in [0.2, 0.25) is 0 Å². The van der Waals surface area contributed by atoms with Crippen molar-refractivity contribution in [2.45, 2.75) is 113 Å². The van der Waals surface area contributed by atoms with Gasteiger partial charge in [-0.3, -0.25) is 9.59 Å². The number of unbranched alkanes of at least 4 members (excludes halogenated alkanes) is 4. The minimum Gasteiger partial charge on any atom is -0.481 e. The van der Waals surface area contributed by atoms with E-state index in [4.69, 9.17) is 0 Å². The van der Waals surface area contributed by atoms with Crippen LogP contribution in [-0.2, 0) is 22.4 Å². The SMILES string of the molecule is Cc1c(CCCCCC(C)(C)C(=O)O)cc(CCCCCC(C)(C)C(=O)O)c(C)c1C. The molecule has 2 N–H and O–H groups in total. The van der Waals surface area contributed by atoms with Gasteiger partial charge in [-0.15, -0.1) is 0 Å². The van der Waals surface area contributed by atoms with Gasteiger partial charge in [0.25, 0.3) is 0 Å². The first-order valence-electron chi connectivity index (χ1n) is 11.8. The third-order valence-corrected chi connectivity index (χ3v) is 7.09. The summed E-state index contributed by atoms with van der Waals surface area (Å²) in [6.07, 6.45) is 9.70. The Morgan fingerprint density at radius 3 is 1.32 bits per heavy atom. The van der Waals surface area contributed by atoms with E-state index in [1.54, 1.807) is 27.7 Å². The summed E-state index contributed by atoms with van der Waals surface area (Å²) in [5, 5.41) is 18.5. The molecule has 31 heavy (non-hydrogen) atoms. The number of hydrogen-bond donors (Lipinski definition) is 2. The van der Waals surface area contributed by atoms with Crippen molar-refractivity contribution in [3.8, 4) is 0 Å². The Kier molecular flexibility index (Phi) is 10.3. The lowest BCUT2D eigenvalue weighted by Crippen LogP contribution is -2.23. The summed E-state index contributed by atoms with van der Waals surface area (Å²) >= 11 is 0. The van der Waals surface area contributed by atoms with E-state index in [0.29, 0.717) is 0 Å². The summed E-state index contributed by atoms with van der Waals surface area (Å²) in [4.78, 5) is 22.5. The van der Waals surface area contributed by atoms with Gasteiger partial charge in [0.15, 0.2) is 0 Å². The topological polar surface area (TPSA) is 74.6 Å². The summed E-state index contributed by atoms with van der Waals surface area (Å²) in [7, 11) is 0. The second kappa shape index (κ2) is 11.7. The first kappa shape index (κ1) is 27.2. The predicted octanol–water partition coefficient (Wildman–Crippen LogP) is 7.04. The molecular weight excluding hydrogens is 388 g/mol. The molecule has 0 aliphatic rings. The van der Waals surface area contributed by atoms with Gasteiger partial charge in [-0.1, -0.05) is 31.7 Å². The lowest BCUT2D eigenvalue weighted by molar-refractivity contribution is -0.148. The van der Waals surface area contributed by atoms with Gasteiger partial charge in [0.1, 0.15) is 0 Å². The molecule has 0 fully saturated rings. The third kappa shape index (κ3) is 8.31. The van der Waals surface area contributed by atoms with Crippen LogP contribution in [0.3, 0.4) is 0 Å². The standard InChI is InChI=1S/C27H44O4/c1-19-20(2)22(14-10-8-12-16-26(4,5)24(28)29)18-23(21(19)3)15-11-9-13-17-27(6,7)25(30)31/h18H,8-17H2,1-7H3,(H,28,29)(H,30,31). The normalized spacial score (nSPS) is 12.2. The number of rotatable bonds is 14. The van der Waals surface area contributed by atoms with Crippen LogP contribution in [0.4, 0.5) is 0 Å². The fourth-order valence-corrected chi connectivity index (χ4v) is 4.04. The van der Waals surface area contributed by atoms with Crippen molar-refractivity contribution >= 4 is 11.9 Å². The Hall–Kier alpha value is -1.84. The zero-order valence-corrected chi connectivity index (χ0v) is 20.9. The first-order valence-corrected chi connectivity index (χ1v) is 11.8. The number of hydrogen-bond acceptors (Lipinski definition) is 2. The van der Waals surface area contributed by atoms with Crippen molar-refractivity contribution in [3.05, 3.63) is 33.9 Å². The number of aliphatic carboxylic acids is 2. The lowest BCUT2D eigenvalue weighted by atomic mass is 9.85. The monoisotopic (exact) mass is 432 g/mol. The van der Waals surface area contributed by atoms with E-state index in [1.165, 1.54) is 27.8 Å². The van der Waals surface area contributed by atoms with E-state index in [1.807, 2.05) is 0 Å². The highest BCUT2D eigenvalue weighted by Gasteiger charge is 2.26. The maximum Gasteiger partial charge on any atom is 0.309 e. The highest BCUT2D eigenvalue weighted by atomic mass is 16.4. The summed E-state index contributed by atoms with van der Waals surface area (Å²) in [5.41, 5.74) is 5.72. The molecule has 1 rings (SSSR count). The van der Waals surface area contributed by atoms with Gasteiger partial charge >= 0.3 is 11.9 Å². The Bertz CT molecular complexity index is 699. The number of benzene rings is 1. The molecule has 0 amide bonds. The maximum atomic E-state index is 11.2. The average Bonchev–Trinajstić information content (AvgIpc) is 2.68. The molecule has 0 radical (unpaired) electrons. The van der Waals surface area contributed by atoms with Gasteiger partial charge in [0.2, 0.25) is 0 Å². The predicted molar refractivity (Wildman–Crippen MR) is 128 cm³/mol. The lowest BCUT2D eigenvalue weighted by Gasteiger charge is -2.19. The fraction of sp³-hybridized carbons (Fsp3) is 0.704. The summed E-state index contributed by atoms with van der Waals surface area (Å²) in [5.74, 6) is -1.43. The minimum absolute atomic E-state index is 0.636. The van der Waals surface area contributed by atoms with Crippen molar-refractivity contribution in [3.63, 3.8) is 0 Å². The Balaban J connectivity index is 2.58. The van der Waals surface area contributed by atoms with E-state index >= 15 is 0 Å². The van der Waals surface area contributed by atoms with Gasteiger partial charge in [-0.2, -0.15) is 0 Å². The van der Waals surface area contributed by atoms with Crippen LogP contribution in [0.25, 0.3) is 0 Å². The van der Waals surface area contributed by atoms with Gasteiger partial charge in [0.05, 0.1) is 10.8 Å². The van der Waals surface area contributed by atoms with Gasteiger partial charge < -0.3 is 10.2 Å². The van der Waals surface area contributed by atoms with Gasteiger partial charge in [-0.05, 0) is 115 Å². The Morgan fingerprint density at radius 1 is 0.645 bits per heavy atom. The first-order chi connectivity index (χ1) is 14.3. The van der Waals surface area contributed by atoms with Crippen molar-refractivity contribution in [1.82, 2.24) is 0 Å². The van der Waals surface area contributed by atoms with E-state index in [-0.39, 0.29) is 0 Å². The van der Waals surface area contributed by atoms with Crippen molar-refractivity contribution in [1.29, 1.82) is 0 Å². The molecule has 0 atom stereocenters. The molecule has 1 aromatic rings. The van der Waals surface area contributed by atoms with Crippen molar-refractivity contribution in [2.24, 2.45) is 10.8 Å². The van der Waals surface area contributed by atoms with Gasteiger partial charge in [0, 0.05) is 0 Å². The molecule has 0 unspecified atom stereocenters. The molecule has 0 saturated heterocycles. The molecule has 0 aliphatic heterocycles. The van der Waals surface area contributed by atoms with E-state index in [0.717, 1.165) is 64.2 Å². The number of aryl methyl sites for hydroxylation is 2. The summed E-state index contributed by atoms with van der Waals surface area (Å²) in [6.45, 7) is 13.8. The van der Waals surface area contributed by atoms with Crippen LogP contribution in [0.15, 0.2) is 6.07 Å². The van der Waals surface area contributed by atoms with Crippen LogP contribution < -0.4 is 0 Å². The molecular formula is C27H44O4. The molecule has 1 aromatic carbocycles. The molecule has 0 bridgehead atoms. The van der Waals surface area contributed by atoms with Gasteiger partial charge in [-0.25, -0.2) is 0 Å². The molecule has 176 valence electrons. The zero-order chi connectivity index (χ0) is 23.8. The van der Waals surface area contributed by atoms with E-state index in [2.05, 4.69) is 26.8 Å². The molecule has 0 saturated carbocycles. The van der Waals surface area contributed by atoms with E-state index < -0.39 is 22.8 Å². The molecule has 4 nitrogen and oxygen atoms in total. The number of carbonyl (C=O) groups is 2. The minimum atomic E-state index is -0.714. The summed E-state index contributed by atoms with van der Waals surface area (Å²) in [6, 6.07) is 2.38. The van der Waals surface area contributed by atoms with Crippen LogP contribution in [0, 0.1) is 31.6 Å². The summed E-state index contributed by atoms with van der Waals surface area (Å²) < 4.78 is 0. The quantitative estimate of drug-likeness (QED) is 0.309. The molecule has 0 heterocycles. The molecule has 0 spiro atoms. The molecule has 0 aliphatic carbocycles. The number of carboxylic acid groups (broad SMARTS) is 2. The Morgan fingerprint density at radius 2 is 1.00 bits per heavy atom. The van der Waals surface area contributed by atoms with Crippen LogP contribution >= 0.6 is 0 Å². The highest BCUT2D eigenvalue weighted by Crippen LogP contribution is 2.28. The maximum absolute atomic E-state index is 11.2. The van der Waals surface area contributed by atoms with E-state index in [9.17, 15) is 19.8 Å². The zero-order valence-electron chi connectivity index (χ0n) is 20.9. The molecule has 0 aromatic heterocycles. The smallest absolute Gasteiger partial charge is 0.309 e. The average molecular weight is 433 g/mol. The fourth-order valence-electron chi connectivity index (χ4n) is 4.04. The third-order valence-electron chi connectivity index (χ3n) is 7.09. The molecule has 4 heteroatoms. The van der Waals surface area contributed by atoms with Crippen molar-refractivity contribution < 1.29 is 19.8 Å².